The number of allylic oxidation sites excluding steroid dienone is 2. The summed E-state index contributed by atoms with van der Waals surface area (Å²) in [6.07, 6.45) is 4.03. The van der Waals surface area contributed by atoms with E-state index in [0.717, 1.165) is 17.1 Å². The number of nitriles is 2. The summed E-state index contributed by atoms with van der Waals surface area (Å²) in [5.74, 6) is 1.14. The highest BCUT2D eigenvalue weighted by Gasteiger charge is 2.16. The first kappa shape index (κ1) is 19.2. The van der Waals surface area contributed by atoms with Gasteiger partial charge in [-0.15, -0.1) is 0 Å². The van der Waals surface area contributed by atoms with Crippen LogP contribution in [0, 0.1) is 22.7 Å². The van der Waals surface area contributed by atoms with E-state index in [9.17, 15) is 5.26 Å². The number of thioether (sulfide) groups is 1. The molecule has 0 unspecified atom stereocenters. The molecule has 0 aliphatic carbocycles. The minimum Gasteiger partial charge on any atom is -0.368 e. The lowest BCUT2D eigenvalue weighted by molar-refractivity contribution is 0.950. The van der Waals surface area contributed by atoms with Crippen LogP contribution in [0.3, 0.4) is 0 Å². The first-order chi connectivity index (χ1) is 13.7. The predicted molar refractivity (Wildman–Crippen MR) is 110 cm³/mol. The average molecular weight is 390 g/mol. The fourth-order valence-corrected chi connectivity index (χ4v) is 3.31. The Labute approximate surface area is 167 Å². The molecule has 0 amide bonds. The van der Waals surface area contributed by atoms with Gasteiger partial charge >= 0.3 is 0 Å². The van der Waals surface area contributed by atoms with Gasteiger partial charge in [-0.05, 0) is 30.0 Å². The quantitative estimate of drug-likeness (QED) is 0.483. The highest BCUT2D eigenvalue weighted by atomic mass is 32.2. The maximum atomic E-state index is 9.57. The van der Waals surface area contributed by atoms with Crippen molar-refractivity contribution >= 4 is 29.1 Å². The number of nitrogens with one attached hydrogen (secondary N) is 3. The van der Waals surface area contributed by atoms with Gasteiger partial charge in [0.25, 0.3) is 0 Å². The summed E-state index contributed by atoms with van der Waals surface area (Å²) in [5.41, 5.74) is 2.67. The van der Waals surface area contributed by atoms with Crippen LogP contribution in [0.25, 0.3) is 5.57 Å². The van der Waals surface area contributed by atoms with E-state index in [1.165, 1.54) is 18.0 Å². The number of aromatic nitrogens is 3. The maximum absolute atomic E-state index is 9.57. The van der Waals surface area contributed by atoms with Crippen LogP contribution in [-0.4, -0.2) is 28.0 Å². The molecule has 3 N–H and O–H groups in total. The van der Waals surface area contributed by atoms with Crippen molar-refractivity contribution in [3.8, 4) is 12.1 Å². The normalized spacial score (nSPS) is 14.3. The van der Waals surface area contributed by atoms with Gasteiger partial charge in [0, 0.05) is 31.2 Å². The van der Waals surface area contributed by atoms with E-state index in [-0.39, 0.29) is 0 Å². The van der Waals surface area contributed by atoms with Crippen molar-refractivity contribution in [3.05, 3.63) is 58.0 Å². The second kappa shape index (κ2) is 9.40. The van der Waals surface area contributed by atoms with Gasteiger partial charge in [0.05, 0.1) is 16.3 Å². The molecule has 0 radical (unpaired) electrons. The van der Waals surface area contributed by atoms with Gasteiger partial charge in [0.15, 0.2) is 0 Å². The van der Waals surface area contributed by atoms with E-state index < -0.39 is 0 Å². The highest BCUT2D eigenvalue weighted by Crippen LogP contribution is 2.31. The van der Waals surface area contributed by atoms with Gasteiger partial charge in [-0.3, -0.25) is 0 Å². The van der Waals surface area contributed by atoms with Gasteiger partial charge in [-0.25, -0.2) is 15.0 Å². The number of hydrogen-bond acceptors (Lipinski definition) is 9. The Balaban J connectivity index is 1.58. The SMILES string of the molecule is CCC1=CS/C(=C(\C#N)c2ccnc(NCCNc3ccc(C#N)cn3)n2)N1. The Morgan fingerprint density at radius 1 is 1.18 bits per heavy atom. The van der Waals surface area contributed by atoms with Gasteiger partial charge < -0.3 is 16.0 Å². The summed E-state index contributed by atoms with van der Waals surface area (Å²) < 4.78 is 0. The topological polar surface area (TPSA) is 122 Å². The summed E-state index contributed by atoms with van der Waals surface area (Å²) >= 11 is 1.50. The fraction of sp³-hybridized carbons (Fsp3) is 0.211. The van der Waals surface area contributed by atoms with Crippen LogP contribution in [0.1, 0.15) is 24.6 Å². The van der Waals surface area contributed by atoms with Crippen molar-refractivity contribution in [2.24, 2.45) is 0 Å². The summed E-state index contributed by atoms with van der Waals surface area (Å²) in [6, 6.07) is 9.45. The molecular formula is C19H18N8S. The Hall–Kier alpha value is -3.56. The fourth-order valence-electron chi connectivity index (χ4n) is 2.36. The van der Waals surface area contributed by atoms with Gasteiger partial charge in [0.1, 0.15) is 23.5 Å². The summed E-state index contributed by atoms with van der Waals surface area (Å²) in [7, 11) is 0. The van der Waals surface area contributed by atoms with Gasteiger partial charge in [0.2, 0.25) is 5.95 Å². The van der Waals surface area contributed by atoms with Crippen molar-refractivity contribution in [2.75, 3.05) is 23.7 Å². The van der Waals surface area contributed by atoms with Crippen LogP contribution in [0.5, 0.6) is 0 Å². The standard InChI is InChI=1S/C19H18N8S/c1-2-14-12-28-18(26-14)15(10-21)16-5-6-23-19(27-16)24-8-7-22-17-4-3-13(9-20)11-25-17/h3-6,11-12,26H,2,7-8H2,1H3,(H,22,25)(H,23,24,27)/b18-15+. The summed E-state index contributed by atoms with van der Waals surface area (Å²) in [5, 5.41) is 30.7. The first-order valence-corrected chi connectivity index (χ1v) is 9.56. The Morgan fingerprint density at radius 3 is 2.71 bits per heavy atom. The van der Waals surface area contributed by atoms with E-state index in [1.54, 1.807) is 24.4 Å². The van der Waals surface area contributed by atoms with Crippen LogP contribution in [0.4, 0.5) is 11.8 Å². The molecule has 0 saturated heterocycles. The van der Waals surface area contributed by atoms with Crippen LogP contribution < -0.4 is 16.0 Å². The van der Waals surface area contributed by atoms with E-state index in [2.05, 4.69) is 43.9 Å². The van der Waals surface area contributed by atoms with E-state index in [0.29, 0.717) is 41.7 Å². The second-order valence-corrected chi connectivity index (χ2v) is 6.60. The smallest absolute Gasteiger partial charge is 0.223 e. The molecular weight excluding hydrogens is 372 g/mol. The third kappa shape index (κ3) is 4.78. The zero-order valence-corrected chi connectivity index (χ0v) is 16.0. The van der Waals surface area contributed by atoms with Crippen molar-refractivity contribution in [1.82, 2.24) is 20.3 Å². The van der Waals surface area contributed by atoms with Gasteiger partial charge in [-0.2, -0.15) is 10.5 Å². The number of rotatable bonds is 7. The summed E-state index contributed by atoms with van der Waals surface area (Å²) in [6.45, 7) is 3.22. The third-order valence-electron chi connectivity index (χ3n) is 3.83. The highest BCUT2D eigenvalue weighted by molar-refractivity contribution is 8.06. The lowest BCUT2D eigenvalue weighted by Crippen LogP contribution is -2.16. The van der Waals surface area contributed by atoms with E-state index in [4.69, 9.17) is 5.26 Å². The number of anilines is 2. The molecule has 1 aliphatic heterocycles. The molecule has 0 aromatic carbocycles. The molecule has 2 aromatic heterocycles. The zero-order valence-electron chi connectivity index (χ0n) is 15.2. The number of pyridine rings is 1. The lowest BCUT2D eigenvalue weighted by atomic mass is 10.2. The minimum atomic E-state index is 0.451. The first-order valence-electron chi connectivity index (χ1n) is 8.68. The van der Waals surface area contributed by atoms with Crippen LogP contribution in [0.15, 0.2) is 46.7 Å². The van der Waals surface area contributed by atoms with Crippen molar-refractivity contribution in [1.29, 1.82) is 10.5 Å². The molecule has 28 heavy (non-hydrogen) atoms. The maximum Gasteiger partial charge on any atom is 0.223 e. The van der Waals surface area contributed by atoms with Crippen molar-refractivity contribution in [3.63, 3.8) is 0 Å². The van der Waals surface area contributed by atoms with E-state index >= 15 is 0 Å². The van der Waals surface area contributed by atoms with Crippen molar-refractivity contribution in [2.45, 2.75) is 13.3 Å². The Kier molecular flexibility index (Phi) is 6.45. The number of nitrogens with zero attached hydrogens (tertiary/aromatic N) is 5. The zero-order chi connectivity index (χ0) is 19.8. The summed E-state index contributed by atoms with van der Waals surface area (Å²) in [4.78, 5) is 12.8. The second-order valence-electron chi connectivity index (χ2n) is 5.72. The molecule has 3 heterocycles. The molecule has 0 atom stereocenters. The monoisotopic (exact) mass is 390 g/mol. The number of hydrogen-bond donors (Lipinski definition) is 3. The molecule has 0 spiro atoms. The minimum absolute atomic E-state index is 0.451. The molecule has 9 heteroatoms. The largest absolute Gasteiger partial charge is 0.368 e. The average Bonchev–Trinajstić information content (AvgIpc) is 3.21. The van der Waals surface area contributed by atoms with Crippen LogP contribution in [-0.2, 0) is 0 Å². The van der Waals surface area contributed by atoms with Crippen LogP contribution >= 0.6 is 11.8 Å². The van der Waals surface area contributed by atoms with Gasteiger partial charge in [-0.1, -0.05) is 18.7 Å². The third-order valence-corrected chi connectivity index (χ3v) is 4.78. The molecule has 1 aliphatic rings. The Bertz CT molecular complexity index is 982. The molecule has 0 bridgehead atoms. The molecule has 140 valence electrons. The van der Waals surface area contributed by atoms with Crippen LogP contribution in [0.2, 0.25) is 0 Å². The molecule has 8 nitrogen and oxygen atoms in total. The van der Waals surface area contributed by atoms with Crippen molar-refractivity contribution < 1.29 is 0 Å². The molecule has 0 saturated carbocycles. The Morgan fingerprint density at radius 2 is 2.04 bits per heavy atom. The molecule has 0 fully saturated rings. The predicted octanol–water partition coefficient (Wildman–Crippen LogP) is 3.05. The molecule has 3 rings (SSSR count). The van der Waals surface area contributed by atoms with E-state index in [1.807, 2.05) is 11.5 Å². The molecule has 2 aromatic rings. The lowest BCUT2D eigenvalue weighted by Gasteiger charge is -2.09.